The molecule has 1 amide bonds. The number of amides is 1. The van der Waals surface area contributed by atoms with Crippen LogP contribution in [0.1, 0.15) is 23.3 Å². The van der Waals surface area contributed by atoms with E-state index in [-0.39, 0.29) is 5.91 Å². The fourth-order valence-electron chi connectivity index (χ4n) is 3.47. The van der Waals surface area contributed by atoms with E-state index >= 15 is 0 Å². The van der Waals surface area contributed by atoms with Crippen molar-refractivity contribution in [2.45, 2.75) is 18.9 Å². The van der Waals surface area contributed by atoms with Crippen molar-refractivity contribution in [2.24, 2.45) is 0 Å². The summed E-state index contributed by atoms with van der Waals surface area (Å²) < 4.78 is 5.71. The molecule has 3 heterocycles. The molecule has 1 atom stereocenters. The third-order valence-corrected chi connectivity index (χ3v) is 6.10. The van der Waals surface area contributed by atoms with Crippen LogP contribution in [-0.4, -0.2) is 66.1 Å². The smallest absolute Gasteiger partial charge is 0.273 e. The highest BCUT2D eigenvalue weighted by atomic mass is 35.5. The summed E-state index contributed by atoms with van der Waals surface area (Å²) in [5, 5.41) is 3.40. The Morgan fingerprint density at radius 3 is 2.69 bits per heavy atom. The number of rotatable bonds is 4. The second kappa shape index (κ2) is 8.05. The number of ether oxygens (including phenoxy) is 1. The highest BCUT2D eigenvalue weighted by Crippen LogP contribution is 2.26. The predicted molar refractivity (Wildman–Crippen MR) is 104 cm³/mol. The van der Waals surface area contributed by atoms with Gasteiger partial charge in [-0.15, -0.1) is 11.3 Å². The van der Waals surface area contributed by atoms with Crippen molar-refractivity contribution in [1.29, 1.82) is 0 Å². The van der Waals surface area contributed by atoms with Gasteiger partial charge >= 0.3 is 0 Å². The second-order valence-corrected chi connectivity index (χ2v) is 8.07. The van der Waals surface area contributed by atoms with Crippen LogP contribution < -0.4 is 0 Å². The van der Waals surface area contributed by atoms with Crippen LogP contribution in [0, 0.1) is 0 Å². The van der Waals surface area contributed by atoms with E-state index in [1.807, 2.05) is 34.5 Å². The van der Waals surface area contributed by atoms with Gasteiger partial charge in [0.15, 0.2) is 0 Å². The SMILES string of the molecule is O=C(c1csc(-c2ccc(Cl)cc2)n1)N1CCN(CC2CCCO2)CC1. The van der Waals surface area contributed by atoms with E-state index in [0.717, 1.165) is 56.3 Å². The van der Waals surface area contributed by atoms with Crippen molar-refractivity contribution < 1.29 is 9.53 Å². The molecule has 1 unspecified atom stereocenters. The lowest BCUT2D eigenvalue weighted by Gasteiger charge is -2.35. The molecule has 1 aromatic carbocycles. The minimum atomic E-state index is 0.0261. The number of thiazole rings is 1. The van der Waals surface area contributed by atoms with Gasteiger partial charge in [0.1, 0.15) is 10.7 Å². The average Bonchev–Trinajstić information content (AvgIpc) is 3.34. The average molecular weight is 392 g/mol. The Bertz CT molecular complexity index is 750. The summed E-state index contributed by atoms with van der Waals surface area (Å²) in [5.74, 6) is 0.0261. The largest absolute Gasteiger partial charge is 0.377 e. The molecule has 7 heteroatoms. The fraction of sp³-hybridized carbons (Fsp3) is 0.474. The quantitative estimate of drug-likeness (QED) is 0.801. The number of halogens is 1. The lowest BCUT2D eigenvalue weighted by atomic mass is 10.2. The van der Waals surface area contributed by atoms with Crippen LogP contribution in [0.2, 0.25) is 5.02 Å². The van der Waals surface area contributed by atoms with Crippen molar-refractivity contribution in [3.8, 4) is 10.6 Å². The molecule has 0 bridgehead atoms. The van der Waals surface area contributed by atoms with E-state index in [9.17, 15) is 4.79 Å². The minimum Gasteiger partial charge on any atom is -0.377 e. The van der Waals surface area contributed by atoms with Gasteiger partial charge in [0.25, 0.3) is 5.91 Å². The summed E-state index contributed by atoms with van der Waals surface area (Å²) in [4.78, 5) is 21.6. The zero-order valence-electron chi connectivity index (χ0n) is 14.6. The summed E-state index contributed by atoms with van der Waals surface area (Å²) in [5.41, 5.74) is 1.52. The molecule has 4 rings (SSSR count). The van der Waals surface area contributed by atoms with Crippen LogP contribution in [0.5, 0.6) is 0 Å². The normalized spacial score (nSPS) is 21.3. The Morgan fingerprint density at radius 1 is 1.23 bits per heavy atom. The second-order valence-electron chi connectivity index (χ2n) is 6.77. The Morgan fingerprint density at radius 2 is 2.00 bits per heavy atom. The van der Waals surface area contributed by atoms with E-state index in [4.69, 9.17) is 16.3 Å². The Kier molecular flexibility index (Phi) is 5.55. The van der Waals surface area contributed by atoms with Gasteiger partial charge in [-0.25, -0.2) is 4.98 Å². The monoisotopic (exact) mass is 391 g/mol. The van der Waals surface area contributed by atoms with E-state index in [0.29, 0.717) is 16.8 Å². The highest BCUT2D eigenvalue weighted by molar-refractivity contribution is 7.13. The van der Waals surface area contributed by atoms with Crippen molar-refractivity contribution in [3.63, 3.8) is 0 Å². The van der Waals surface area contributed by atoms with Crippen LogP contribution in [0.15, 0.2) is 29.6 Å². The van der Waals surface area contributed by atoms with E-state index in [2.05, 4.69) is 9.88 Å². The zero-order chi connectivity index (χ0) is 17.9. The fourth-order valence-corrected chi connectivity index (χ4v) is 4.39. The first-order valence-corrected chi connectivity index (χ1v) is 10.3. The Hall–Kier alpha value is -1.47. The molecule has 2 aromatic rings. The summed E-state index contributed by atoms with van der Waals surface area (Å²) in [6.45, 7) is 5.18. The van der Waals surface area contributed by atoms with Gasteiger partial charge in [0, 0.05) is 55.3 Å². The van der Waals surface area contributed by atoms with Gasteiger partial charge in [0.05, 0.1) is 6.10 Å². The van der Waals surface area contributed by atoms with Gasteiger partial charge < -0.3 is 9.64 Å². The van der Waals surface area contributed by atoms with E-state index in [1.54, 1.807) is 0 Å². The molecule has 0 N–H and O–H groups in total. The standard InChI is InChI=1S/C19H22ClN3O2S/c20-15-5-3-14(4-6-15)18-21-17(13-26-18)19(24)23-9-7-22(8-10-23)12-16-2-1-11-25-16/h3-6,13,16H,1-2,7-12H2. The topological polar surface area (TPSA) is 45.7 Å². The van der Waals surface area contributed by atoms with Gasteiger partial charge in [-0.05, 0) is 25.0 Å². The number of piperazine rings is 1. The van der Waals surface area contributed by atoms with Crippen LogP contribution in [0.4, 0.5) is 0 Å². The number of hydrogen-bond donors (Lipinski definition) is 0. The van der Waals surface area contributed by atoms with Crippen LogP contribution >= 0.6 is 22.9 Å². The van der Waals surface area contributed by atoms with Gasteiger partial charge in [-0.2, -0.15) is 0 Å². The first kappa shape index (κ1) is 17.9. The van der Waals surface area contributed by atoms with Gasteiger partial charge in [0.2, 0.25) is 0 Å². The molecule has 2 aliphatic rings. The number of benzene rings is 1. The summed E-state index contributed by atoms with van der Waals surface area (Å²) in [7, 11) is 0. The molecule has 0 aliphatic carbocycles. The lowest BCUT2D eigenvalue weighted by Crippen LogP contribution is -2.50. The van der Waals surface area contributed by atoms with Crippen molar-refractivity contribution in [3.05, 3.63) is 40.4 Å². The van der Waals surface area contributed by atoms with Crippen molar-refractivity contribution in [1.82, 2.24) is 14.8 Å². The molecule has 1 aromatic heterocycles. The first-order chi connectivity index (χ1) is 12.7. The maximum atomic E-state index is 12.8. The molecule has 0 radical (unpaired) electrons. The van der Waals surface area contributed by atoms with Gasteiger partial charge in [-0.1, -0.05) is 23.7 Å². The number of carbonyl (C=O) groups is 1. The summed E-state index contributed by atoms with van der Waals surface area (Å²) >= 11 is 7.43. The number of nitrogens with zero attached hydrogens (tertiary/aromatic N) is 3. The zero-order valence-corrected chi connectivity index (χ0v) is 16.1. The molecule has 2 aliphatic heterocycles. The van der Waals surface area contributed by atoms with Crippen molar-refractivity contribution >= 4 is 28.8 Å². The van der Waals surface area contributed by atoms with Crippen LogP contribution in [0.25, 0.3) is 10.6 Å². The molecule has 0 spiro atoms. The maximum absolute atomic E-state index is 12.8. The summed E-state index contributed by atoms with van der Waals surface area (Å²) in [6.07, 6.45) is 2.70. The lowest BCUT2D eigenvalue weighted by molar-refractivity contribution is 0.0430. The number of aromatic nitrogens is 1. The Balaban J connectivity index is 1.34. The molecule has 2 fully saturated rings. The number of carbonyl (C=O) groups excluding carboxylic acids is 1. The molecule has 5 nitrogen and oxygen atoms in total. The molecule has 2 saturated heterocycles. The van der Waals surface area contributed by atoms with E-state index < -0.39 is 0 Å². The Labute approximate surface area is 162 Å². The molecule has 0 saturated carbocycles. The summed E-state index contributed by atoms with van der Waals surface area (Å²) in [6, 6.07) is 7.54. The minimum absolute atomic E-state index is 0.0261. The van der Waals surface area contributed by atoms with E-state index in [1.165, 1.54) is 17.8 Å². The molecular formula is C19H22ClN3O2S. The maximum Gasteiger partial charge on any atom is 0.273 e. The van der Waals surface area contributed by atoms with Crippen LogP contribution in [0.3, 0.4) is 0 Å². The predicted octanol–water partition coefficient (Wildman–Crippen LogP) is 3.40. The molecular weight excluding hydrogens is 370 g/mol. The third kappa shape index (κ3) is 4.09. The molecule has 138 valence electrons. The van der Waals surface area contributed by atoms with Crippen LogP contribution in [-0.2, 0) is 4.74 Å². The highest BCUT2D eigenvalue weighted by Gasteiger charge is 2.26. The van der Waals surface area contributed by atoms with Gasteiger partial charge in [-0.3, -0.25) is 9.69 Å². The first-order valence-electron chi connectivity index (χ1n) is 9.04. The van der Waals surface area contributed by atoms with Crippen molar-refractivity contribution in [2.75, 3.05) is 39.3 Å². The third-order valence-electron chi connectivity index (χ3n) is 4.96. The number of hydrogen-bond acceptors (Lipinski definition) is 5. The molecule has 26 heavy (non-hydrogen) atoms.